The molecular formula is C23H33IN4O3. The van der Waals surface area contributed by atoms with E-state index in [1.807, 2.05) is 0 Å². The Bertz CT molecular complexity index is 815. The standard InChI is InChI=1S/C23H32N4O3.HI/c1-24-23(25-15-18-13-20(29-2)22(28)21(14-18)30-3)26-19-9-11-27(12-10-19)16-17-7-5-4-6-8-17;/h4-8,13-14,19,28H,9-12,15-16H2,1-3H3,(H2,24,25,26);1H. The predicted octanol–water partition coefficient (Wildman–Crippen LogP) is 3.36. The summed E-state index contributed by atoms with van der Waals surface area (Å²) in [4.78, 5) is 6.85. The summed E-state index contributed by atoms with van der Waals surface area (Å²) in [6, 6.07) is 14.6. The summed E-state index contributed by atoms with van der Waals surface area (Å²) in [6.07, 6.45) is 2.16. The number of halogens is 1. The Kier molecular flexibility index (Phi) is 10.2. The highest BCUT2D eigenvalue weighted by atomic mass is 127. The van der Waals surface area contributed by atoms with Gasteiger partial charge in [-0.15, -0.1) is 24.0 Å². The Labute approximate surface area is 201 Å². The van der Waals surface area contributed by atoms with Gasteiger partial charge in [-0.25, -0.2) is 0 Å². The second-order valence-electron chi connectivity index (χ2n) is 7.46. The Morgan fingerprint density at radius 3 is 2.23 bits per heavy atom. The molecule has 1 aliphatic heterocycles. The van der Waals surface area contributed by atoms with E-state index in [2.05, 4.69) is 50.9 Å². The van der Waals surface area contributed by atoms with Gasteiger partial charge in [0, 0.05) is 39.3 Å². The van der Waals surface area contributed by atoms with Gasteiger partial charge in [-0.2, -0.15) is 0 Å². The van der Waals surface area contributed by atoms with Gasteiger partial charge in [-0.1, -0.05) is 30.3 Å². The maximum absolute atomic E-state index is 10.1. The zero-order valence-corrected chi connectivity index (χ0v) is 20.8. The topological polar surface area (TPSA) is 78.4 Å². The number of rotatable bonds is 7. The number of guanidine groups is 1. The van der Waals surface area contributed by atoms with E-state index in [0.717, 1.165) is 44.0 Å². The minimum atomic E-state index is 0. The SMILES string of the molecule is CN=C(NCc1cc(OC)c(O)c(OC)c1)NC1CCN(Cc2ccccc2)CC1.I. The minimum Gasteiger partial charge on any atom is -0.502 e. The number of phenols is 1. The number of nitrogens with one attached hydrogen (secondary N) is 2. The summed E-state index contributed by atoms with van der Waals surface area (Å²) in [6.45, 7) is 3.68. The number of phenolic OH excluding ortho intramolecular Hbond substituents is 1. The molecule has 2 aromatic carbocycles. The third kappa shape index (κ3) is 7.17. The number of nitrogens with zero attached hydrogens (tertiary/aromatic N) is 2. The van der Waals surface area contributed by atoms with Gasteiger partial charge in [-0.05, 0) is 36.1 Å². The van der Waals surface area contributed by atoms with Crippen LogP contribution in [0.3, 0.4) is 0 Å². The van der Waals surface area contributed by atoms with Crippen molar-refractivity contribution in [1.82, 2.24) is 15.5 Å². The van der Waals surface area contributed by atoms with Gasteiger partial charge in [0.25, 0.3) is 0 Å². The third-order valence-corrected chi connectivity index (χ3v) is 5.40. The number of aliphatic imine (C=N–C) groups is 1. The molecule has 0 saturated carbocycles. The number of aromatic hydroxyl groups is 1. The van der Waals surface area contributed by atoms with Crippen molar-refractivity contribution in [3.8, 4) is 17.2 Å². The lowest BCUT2D eigenvalue weighted by atomic mass is 10.0. The quantitative estimate of drug-likeness (QED) is 0.284. The fraction of sp³-hybridized carbons (Fsp3) is 0.435. The summed E-state index contributed by atoms with van der Waals surface area (Å²) in [5, 5.41) is 16.9. The lowest BCUT2D eigenvalue weighted by Gasteiger charge is -2.33. The van der Waals surface area contributed by atoms with Gasteiger partial charge in [0.2, 0.25) is 5.75 Å². The van der Waals surface area contributed by atoms with Gasteiger partial charge in [0.15, 0.2) is 17.5 Å². The van der Waals surface area contributed by atoms with Gasteiger partial charge >= 0.3 is 0 Å². The van der Waals surface area contributed by atoms with Crippen molar-refractivity contribution in [3.63, 3.8) is 0 Å². The lowest BCUT2D eigenvalue weighted by Crippen LogP contribution is -2.48. The van der Waals surface area contributed by atoms with Crippen LogP contribution >= 0.6 is 24.0 Å². The van der Waals surface area contributed by atoms with Gasteiger partial charge in [0.05, 0.1) is 14.2 Å². The molecule has 1 saturated heterocycles. The number of hydrogen-bond donors (Lipinski definition) is 3. The summed E-state index contributed by atoms with van der Waals surface area (Å²) in [5.41, 5.74) is 2.29. The first-order chi connectivity index (χ1) is 14.6. The van der Waals surface area contributed by atoms with E-state index in [9.17, 15) is 5.11 Å². The van der Waals surface area contributed by atoms with Gasteiger partial charge in [-0.3, -0.25) is 9.89 Å². The summed E-state index contributed by atoms with van der Waals surface area (Å²) in [5.74, 6) is 1.55. The van der Waals surface area contributed by atoms with Crippen LogP contribution in [0.1, 0.15) is 24.0 Å². The molecule has 0 radical (unpaired) electrons. The lowest BCUT2D eigenvalue weighted by molar-refractivity contribution is 0.198. The van der Waals surface area contributed by atoms with Crippen molar-refractivity contribution in [2.45, 2.75) is 32.0 Å². The number of benzene rings is 2. The van der Waals surface area contributed by atoms with Crippen LogP contribution < -0.4 is 20.1 Å². The summed E-state index contributed by atoms with van der Waals surface area (Å²) in [7, 11) is 4.82. The molecule has 0 bridgehead atoms. The Morgan fingerprint density at radius 2 is 1.68 bits per heavy atom. The number of piperidine rings is 1. The van der Waals surface area contributed by atoms with E-state index in [4.69, 9.17) is 9.47 Å². The van der Waals surface area contributed by atoms with Crippen LogP contribution in [-0.2, 0) is 13.1 Å². The van der Waals surface area contributed by atoms with Crippen LogP contribution in [0.25, 0.3) is 0 Å². The van der Waals surface area contributed by atoms with Crippen molar-refractivity contribution < 1.29 is 14.6 Å². The molecule has 3 rings (SSSR count). The molecule has 3 N–H and O–H groups in total. The monoisotopic (exact) mass is 540 g/mol. The van der Waals surface area contributed by atoms with Crippen molar-refractivity contribution in [2.24, 2.45) is 4.99 Å². The first-order valence-corrected chi connectivity index (χ1v) is 10.3. The van der Waals surface area contributed by atoms with Crippen LogP contribution in [-0.4, -0.2) is 56.4 Å². The first kappa shape index (κ1) is 25.1. The molecule has 31 heavy (non-hydrogen) atoms. The van der Waals surface area contributed by atoms with E-state index in [1.165, 1.54) is 19.8 Å². The van der Waals surface area contributed by atoms with Crippen molar-refractivity contribution in [1.29, 1.82) is 0 Å². The van der Waals surface area contributed by atoms with E-state index in [1.54, 1.807) is 19.2 Å². The van der Waals surface area contributed by atoms with Gasteiger partial charge < -0.3 is 25.2 Å². The molecular weight excluding hydrogens is 507 g/mol. The smallest absolute Gasteiger partial charge is 0.200 e. The van der Waals surface area contributed by atoms with E-state index >= 15 is 0 Å². The maximum atomic E-state index is 10.1. The summed E-state index contributed by atoms with van der Waals surface area (Å²) < 4.78 is 10.5. The molecule has 1 fully saturated rings. The zero-order valence-electron chi connectivity index (χ0n) is 18.4. The fourth-order valence-electron chi connectivity index (χ4n) is 3.70. The van der Waals surface area contributed by atoms with Crippen LogP contribution in [0.4, 0.5) is 0 Å². The van der Waals surface area contributed by atoms with Crippen LogP contribution in [0.15, 0.2) is 47.5 Å². The predicted molar refractivity (Wildman–Crippen MR) is 135 cm³/mol. The average molecular weight is 540 g/mol. The van der Waals surface area contributed by atoms with Crippen molar-refractivity contribution in [3.05, 3.63) is 53.6 Å². The van der Waals surface area contributed by atoms with E-state index in [0.29, 0.717) is 24.1 Å². The Morgan fingerprint density at radius 1 is 1.06 bits per heavy atom. The highest BCUT2D eigenvalue weighted by Gasteiger charge is 2.20. The third-order valence-electron chi connectivity index (χ3n) is 5.40. The molecule has 0 aromatic heterocycles. The van der Waals surface area contributed by atoms with E-state index < -0.39 is 0 Å². The van der Waals surface area contributed by atoms with Gasteiger partial charge in [0.1, 0.15) is 0 Å². The fourth-order valence-corrected chi connectivity index (χ4v) is 3.70. The molecule has 1 aliphatic rings. The first-order valence-electron chi connectivity index (χ1n) is 10.3. The second kappa shape index (κ2) is 12.6. The molecule has 170 valence electrons. The molecule has 2 aromatic rings. The van der Waals surface area contributed by atoms with Crippen molar-refractivity contribution >= 4 is 29.9 Å². The molecule has 0 aliphatic carbocycles. The van der Waals surface area contributed by atoms with E-state index in [-0.39, 0.29) is 29.7 Å². The molecule has 8 heteroatoms. The number of ether oxygens (including phenoxy) is 2. The van der Waals surface area contributed by atoms with Crippen LogP contribution in [0, 0.1) is 0 Å². The average Bonchev–Trinajstić information content (AvgIpc) is 2.79. The Hall–Kier alpha value is -2.20. The molecule has 0 spiro atoms. The maximum Gasteiger partial charge on any atom is 0.200 e. The molecule has 7 nitrogen and oxygen atoms in total. The largest absolute Gasteiger partial charge is 0.502 e. The molecule has 0 atom stereocenters. The minimum absolute atomic E-state index is 0. The zero-order chi connectivity index (χ0) is 21.3. The summed E-state index contributed by atoms with van der Waals surface area (Å²) >= 11 is 0. The number of hydrogen-bond acceptors (Lipinski definition) is 5. The van der Waals surface area contributed by atoms with Crippen LogP contribution in [0.5, 0.6) is 17.2 Å². The second-order valence-corrected chi connectivity index (χ2v) is 7.46. The Balaban J connectivity index is 0.00000341. The number of methoxy groups -OCH3 is 2. The van der Waals surface area contributed by atoms with Crippen LogP contribution in [0.2, 0.25) is 0 Å². The highest BCUT2D eigenvalue weighted by Crippen LogP contribution is 2.37. The van der Waals surface area contributed by atoms with Crippen molar-refractivity contribution in [2.75, 3.05) is 34.4 Å². The molecule has 0 unspecified atom stereocenters. The highest BCUT2D eigenvalue weighted by molar-refractivity contribution is 14.0. The normalized spacial score (nSPS) is 15.1. The number of likely N-dealkylation sites (tertiary alicyclic amines) is 1. The molecule has 0 amide bonds. The molecule has 1 heterocycles.